The second kappa shape index (κ2) is 2.98. The van der Waals surface area contributed by atoms with Crippen molar-refractivity contribution in [2.45, 2.75) is 0 Å². The van der Waals surface area contributed by atoms with E-state index in [1.165, 1.54) is 0 Å². The topological polar surface area (TPSA) is 18.5 Å². The van der Waals surface area contributed by atoms with Crippen molar-refractivity contribution in [3.63, 3.8) is 0 Å². The summed E-state index contributed by atoms with van der Waals surface area (Å²) in [5, 5.41) is 2.72. The van der Waals surface area contributed by atoms with Gasteiger partial charge in [-0.2, -0.15) is 0 Å². The second-order valence-corrected chi connectivity index (χ2v) is 2.65. The number of hydrogen-bond acceptors (Lipinski definition) is 2. The SMILES string of the molecule is C=CCN1CN(C)NC1=S. The molecule has 1 saturated heterocycles. The molecule has 1 aliphatic heterocycles. The number of hydrazine groups is 1. The van der Waals surface area contributed by atoms with Crippen LogP contribution in [0.25, 0.3) is 0 Å². The molecule has 56 valence electrons. The van der Waals surface area contributed by atoms with Gasteiger partial charge in [0.1, 0.15) is 0 Å². The number of thiocarbonyl (C=S) groups is 1. The van der Waals surface area contributed by atoms with Crippen LogP contribution >= 0.6 is 12.2 Å². The third kappa shape index (κ3) is 1.46. The van der Waals surface area contributed by atoms with Crippen LogP contribution in [0, 0.1) is 0 Å². The molecular formula is C6H11N3S. The first-order valence-corrected chi connectivity index (χ1v) is 3.52. The van der Waals surface area contributed by atoms with Gasteiger partial charge in [0.2, 0.25) is 0 Å². The molecule has 0 atom stereocenters. The quantitative estimate of drug-likeness (QED) is 0.454. The molecule has 0 spiro atoms. The Morgan fingerprint density at radius 3 is 3.00 bits per heavy atom. The average Bonchev–Trinajstić information content (AvgIpc) is 2.13. The molecule has 1 rings (SSSR count). The molecule has 0 aromatic carbocycles. The fraction of sp³-hybridized carbons (Fsp3) is 0.500. The van der Waals surface area contributed by atoms with Gasteiger partial charge in [-0.25, -0.2) is 5.01 Å². The van der Waals surface area contributed by atoms with Gasteiger partial charge in [0.15, 0.2) is 5.11 Å². The van der Waals surface area contributed by atoms with E-state index >= 15 is 0 Å². The Morgan fingerprint density at radius 2 is 2.60 bits per heavy atom. The summed E-state index contributed by atoms with van der Waals surface area (Å²) >= 11 is 5.01. The third-order valence-corrected chi connectivity index (χ3v) is 1.66. The molecule has 0 saturated carbocycles. The molecule has 1 heterocycles. The molecule has 0 amide bonds. The Kier molecular flexibility index (Phi) is 2.24. The summed E-state index contributed by atoms with van der Waals surface area (Å²) in [6.45, 7) is 5.29. The van der Waals surface area contributed by atoms with Crippen LogP contribution in [-0.4, -0.2) is 35.3 Å². The van der Waals surface area contributed by atoms with Gasteiger partial charge in [-0.05, 0) is 12.2 Å². The first kappa shape index (κ1) is 7.50. The maximum absolute atomic E-state index is 5.01. The van der Waals surface area contributed by atoms with Crippen LogP contribution in [0.1, 0.15) is 0 Å². The molecule has 0 unspecified atom stereocenters. The molecular weight excluding hydrogens is 146 g/mol. The molecule has 0 aromatic rings. The zero-order valence-corrected chi connectivity index (χ0v) is 6.82. The molecule has 0 aromatic heterocycles. The van der Waals surface area contributed by atoms with Gasteiger partial charge in [-0.15, -0.1) is 6.58 Å². The predicted molar refractivity (Wildman–Crippen MR) is 45.3 cm³/mol. The summed E-state index contributed by atoms with van der Waals surface area (Å²) in [5.74, 6) is 0. The highest BCUT2D eigenvalue weighted by atomic mass is 32.1. The second-order valence-electron chi connectivity index (χ2n) is 2.27. The van der Waals surface area contributed by atoms with E-state index in [4.69, 9.17) is 12.2 Å². The molecule has 10 heavy (non-hydrogen) atoms. The Labute approximate surface area is 66.3 Å². The standard InChI is InChI=1S/C6H11N3S/c1-3-4-9-5-8(2)7-6(9)10/h3H,1,4-5H2,2H3,(H,7,10). The van der Waals surface area contributed by atoms with Crippen molar-refractivity contribution in [3.05, 3.63) is 12.7 Å². The minimum Gasteiger partial charge on any atom is -0.330 e. The molecule has 1 fully saturated rings. The van der Waals surface area contributed by atoms with E-state index in [0.29, 0.717) is 0 Å². The number of rotatable bonds is 2. The normalized spacial score (nSPS) is 19.3. The van der Waals surface area contributed by atoms with Gasteiger partial charge in [-0.1, -0.05) is 6.08 Å². The minimum absolute atomic E-state index is 0.780. The summed E-state index contributed by atoms with van der Waals surface area (Å²) in [7, 11) is 1.95. The Balaban J connectivity index is 2.46. The smallest absolute Gasteiger partial charge is 0.185 e. The third-order valence-electron chi connectivity index (χ3n) is 1.31. The molecule has 4 heteroatoms. The minimum atomic E-state index is 0.780. The molecule has 1 N–H and O–H groups in total. The lowest BCUT2D eigenvalue weighted by Crippen LogP contribution is -2.29. The highest BCUT2D eigenvalue weighted by Gasteiger charge is 2.18. The first-order valence-electron chi connectivity index (χ1n) is 3.11. The van der Waals surface area contributed by atoms with Gasteiger partial charge in [0.05, 0.1) is 6.67 Å². The fourth-order valence-corrected chi connectivity index (χ4v) is 1.17. The van der Waals surface area contributed by atoms with Crippen LogP contribution in [0.15, 0.2) is 12.7 Å². The maximum atomic E-state index is 5.01. The van der Waals surface area contributed by atoms with Gasteiger partial charge < -0.3 is 4.90 Å². The van der Waals surface area contributed by atoms with Gasteiger partial charge in [0.25, 0.3) is 0 Å². The van der Waals surface area contributed by atoms with E-state index in [-0.39, 0.29) is 0 Å². The van der Waals surface area contributed by atoms with E-state index < -0.39 is 0 Å². The van der Waals surface area contributed by atoms with Crippen molar-refractivity contribution >= 4 is 17.3 Å². The van der Waals surface area contributed by atoms with Crippen molar-refractivity contribution < 1.29 is 0 Å². The number of nitrogens with one attached hydrogen (secondary N) is 1. The molecule has 3 nitrogen and oxygen atoms in total. The van der Waals surface area contributed by atoms with E-state index in [1.807, 2.05) is 23.0 Å². The molecule has 0 radical (unpaired) electrons. The lowest BCUT2D eigenvalue weighted by atomic mass is 10.6. The largest absolute Gasteiger partial charge is 0.330 e. The zero-order valence-electron chi connectivity index (χ0n) is 6.00. The van der Waals surface area contributed by atoms with Crippen LogP contribution < -0.4 is 5.43 Å². The summed E-state index contributed by atoms with van der Waals surface area (Å²) < 4.78 is 0. The van der Waals surface area contributed by atoms with Crippen molar-refractivity contribution in [1.82, 2.24) is 15.3 Å². The van der Waals surface area contributed by atoms with Crippen molar-refractivity contribution in [1.29, 1.82) is 0 Å². The van der Waals surface area contributed by atoms with Crippen molar-refractivity contribution in [2.24, 2.45) is 0 Å². The predicted octanol–water partition coefficient (Wildman–Crippen LogP) is 0.167. The monoisotopic (exact) mass is 157 g/mol. The number of hydrogen-bond donors (Lipinski definition) is 1. The van der Waals surface area contributed by atoms with Crippen LogP contribution in [0.5, 0.6) is 0 Å². The van der Waals surface area contributed by atoms with Gasteiger partial charge in [0, 0.05) is 13.6 Å². The van der Waals surface area contributed by atoms with Gasteiger partial charge in [-0.3, -0.25) is 5.43 Å². The van der Waals surface area contributed by atoms with Crippen molar-refractivity contribution in [2.75, 3.05) is 20.3 Å². The molecule has 0 aliphatic carbocycles. The Bertz CT molecular complexity index is 157. The summed E-state index contributed by atoms with van der Waals surface area (Å²) in [4.78, 5) is 2.03. The van der Waals surface area contributed by atoms with Crippen molar-refractivity contribution in [3.8, 4) is 0 Å². The van der Waals surface area contributed by atoms with Crippen LogP contribution in [-0.2, 0) is 0 Å². The highest BCUT2D eigenvalue weighted by molar-refractivity contribution is 7.80. The highest BCUT2D eigenvalue weighted by Crippen LogP contribution is 1.99. The van der Waals surface area contributed by atoms with Crippen LogP contribution in [0.4, 0.5) is 0 Å². The Morgan fingerprint density at radius 1 is 1.90 bits per heavy atom. The van der Waals surface area contributed by atoms with E-state index in [9.17, 15) is 0 Å². The lowest BCUT2D eigenvalue weighted by Gasteiger charge is -2.11. The van der Waals surface area contributed by atoms with E-state index in [0.717, 1.165) is 18.3 Å². The molecule has 0 bridgehead atoms. The lowest BCUT2D eigenvalue weighted by molar-refractivity contribution is 0.274. The number of nitrogens with zero attached hydrogens (tertiary/aromatic N) is 2. The maximum Gasteiger partial charge on any atom is 0.185 e. The first-order chi connectivity index (χ1) is 4.74. The summed E-state index contributed by atoms with van der Waals surface area (Å²) in [5.41, 5.74) is 2.99. The summed E-state index contributed by atoms with van der Waals surface area (Å²) in [6.07, 6.45) is 1.84. The van der Waals surface area contributed by atoms with Gasteiger partial charge >= 0.3 is 0 Å². The van der Waals surface area contributed by atoms with Crippen LogP contribution in [0.3, 0.4) is 0 Å². The van der Waals surface area contributed by atoms with E-state index in [1.54, 1.807) is 0 Å². The van der Waals surface area contributed by atoms with E-state index in [2.05, 4.69) is 12.0 Å². The average molecular weight is 157 g/mol. The summed E-state index contributed by atoms with van der Waals surface area (Å²) in [6, 6.07) is 0. The fourth-order valence-electron chi connectivity index (χ4n) is 0.886. The zero-order chi connectivity index (χ0) is 7.56. The Hall–Kier alpha value is -0.610. The van der Waals surface area contributed by atoms with Crippen LogP contribution in [0.2, 0.25) is 0 Å². The molecule has 1 aliphatic rings.